The summed E-state index contributed by atoms with van der Waals surface area (Å²) in [6.45, 7) is 7.60. The number of nitrogens with one attached hydrogen (secondary N) is 1. The molecule has 14 heavy (non-hydrogen) atoms. The molecule has 0 aliphatic carbocycles. The Morgan fingerprint density at radius 3 is 3.21 bits per heavy atom. The third-order valence-electron chi connectivity index (χ3n) is 2.94. The molecule has 2 atom stereocenters. The second-order valence-electron chi connectivity index (χ2n) is 3.85. The van der Waals surface area contributed by atoms with Crippen molar-refractivity contribution in [2.75, 3.05) is 13.1 Å². The fourth-order valence-corrected chi connectivity index (χ4v) is 2.25. The van der Waals surface area contributed by atoms with Crippen LogP contribution in [0.25, 0.3) is 0 Å². The Balaban J connectivity index is 1.97. The second-order valence-corrected chi connectivity index (χ2v) is 4.46. The molecule has 0 saturated carbocycles. The summed E-state index contributed by atoms with van der Waals surface area (Å²) in [5, 5.41) is 9.57. The van der Waals surface area contributed by atoms with Crippen molar-refractivity contribution in [1.29, 1.82) is 0 Å². The van der Waals surface area contributed by atoms with E-state index in [0.717, 1.165) is 25.3 Å². The van der Waals surface area contributed by atoms with E-state index in [4.69, 9.17) is 0 Å². The zero-order chi connectivity index (χ0) is 9.97. The highest BCUT2D eigenvalue weighted by Crippen LogP contribution is 2.12. The highest BCUT2D eigenvalue weighted by atomic mass is 32.1. The Hall–Kier alpha value is -0.520. The first-order chi connectivity index (χ1) is 6.77. The molecule has 1 aromatic heterocycles. The largest absolute Gasteiger partial charge is 0.311 e. The molecule has 1 N–H and O–H groups in total. The summed E-state index contributed by atoms with van der Waals surface area (Å²) < 4.78 is 3.88. The van der Waals surface area contributed by atoms with Gasteiger partial charge in [-0.05, 0) is 25.4 Å². The van der Waals surface area contributed by atoms with Gasteiger partial charge in [-0.1, -0.05) is 4.49 Å². The number of aromatic nitrogens is 2. The lowest BCUT2D eigenvalue weighted by molar-refractivity contribution is 0.129. The fourth-order valence-electron chi connectivity index (χ4n) is 1.81. The van der Waals surface area contributed by atoms with Crippen molar-refractivity contribution in [3.63, 3.8) is 0 Å². The van der Waals surface area contributed by atoms with Gasteiger partial charge in [0, 0.05) is 37.1 Å². The van der Waals surface area contributed by atoms with E-state index in [-0.39, 0.29) is 0 Å². The molecule has 2 unspecified atom stereocenters. The van der Waals surface area contributed by atoms with Gasteiger partial charge in [0.05, 0.1) is 5.69 Å². The quantitative estimate of drug-likeness (QED) is 0.784. The predicted molar refractivity (Wildman–Crippen MR) is 57.2 cm³/mol. The van der Waals surface area contributed by atoms with Gasteiger partial charge >= 0.3 is 0 Å². The molecule has 0 amide bonds. The third kappa shape index (κ3) is 2.10. The smallest absolute Gasteiger partial charge is 0.0895 e. The molecule has 4 nitrogen and oxygen atoms in total. The minimum Gasteiger partial charge on any atom is -0.311 e. The number of hydrogen-bond acceptors (Lipinski definition) is 5. The predicted octanol–water partition coefficient (Wildman–Crippen LogP) is 0.720. The Bertz CT molecular complexity index is 274. The molecule has 78 valence electrons. The van der Waals surface area contributed by atoms with E-state index < -0.39 is 0 Å². The van der Waals surface area contributed by atoms with Crippen molar-refractivity contribution in [1.82, 2.24) is 19.8 Å². The fraction of sp³-hybridized carbons (Fsp3) is 0.778. The van der Waals surface area contributed by atoms with Crippen molar-refractivity contribution in [3.8, 4) is 0 Å². The van der Waals surface area contributed by atoms with Crippen LogP contribution in [0.4, 0.5) is 0 Å². The second kappa shape index (κ2) is 4.33. The molecule has 0 radical (unpaired) electrons. The summed E-state index contributed by atoms with van der Waals surface area (Å²) in [6, 6.07) is 1.14. The summed E-state index contributed by atoms with van der Waals surface area (Å²) in [5.74, 6) is 0. The van der Waals surface area contributed by atoms with Crippen LogP contribution in [0.2, 0.25) is 0 Å². The summed E-state index contributed by atoms with van der Waals surface area (Å²) in [7, 11) is 0. The van der Waals surface area contributed by atoms with E-state index in [0.29, 0.717) is 12.1 Å². The molecule has 1 aromatic rings. The molecule has 1 saturated heterocycles. The van der Waals surface area contributed by atoms with Gasteiger partial charge in [0.2, 0.25) is 0 Å². The normalized spacial score (nSPS) is 29.3. The average Bonchev–Trinajstić information content (AvgIpc) is 2.66. The summed E-state index contributed by atoms with van der Waals surface area (Å²) in [6.07, 6.45) is 0. The van der Waals surface area contributed by atoms with Gasteiger partial charge < -0.3 is 5.32 Å². The Morgan fingerprint density at radius 1 is 1.64 bits per heavy atom. The molecule has 0 bridgehead atoms. The average molecular weight is 212 g/mol. The monoisotopic (exact) mass is 212 g/mol. The molecule has 2 rings (SSSR count). The Morgan fingerprint density at radius 2 is 2.50 bits per heavy atom. The number of hydrogen-bond donors (Lipinski definition) is 1. The molecule has 1 fully saturated rings. The van der Waals surface area contributed by atoms with E-state index in [9.17, 15) is 0 Å². The van der Waals surface area contributed by atoms with Crippen molar-refractivity contribution in [2.45, 2.75) is 32.5 Å². The molecule has 0 spiro atoms. The van der Waals surface area contributed by atoms with Crippen LogP contribution in [0.5, 0.6) is 0 Å². The van der Waals surface area contributed by atoms with Crippen LogP contribution in [0.15, 0.2) is 5.38 Å². The summed E-state index contributed by atoms with van der Waals surface area (Å²) in [5.41, 5.74) is 1.09. The highest BCUT2D eigenvalue weighted by molar-refractivity contribution is 7.03. The maximum atomic E-state index is 4.08. The highest BCUT2D eigenvalue weighted by Gasteiger charge is 2.24. The van der Waals surface area contributed by atoms with E-state index in [1.165, 1.54) is 11.5 Å². The van der Waals surface area contributed by atoms with Gasteiger partial charge in [0.15, 0.2) is 0 Å². The van der Waals surface area contributed by atoms with Crippen LogP contribution < -0.4 is 5.32 Å². The van der Waals surface area contributed by atoms with Gasteiger partial charge in [0.25, 0.3) is 0 Å². The van der Waals surface area contributed by atoms with Crippen LogP contribution >= 0.6 is 11.5 Å². The zero-order valence-electron chi connectivity index (χ0n) is 8.60. The van der Waals surface area contributed by atoms with Crippen molar-refractivity contribution >= 4 is 11.5 Å². The molecule has 5 heteroatoms. The van der Waals surface area contributed by atoms with Gasteiger partial charge in [-0.3, -0.25) is 4.90 Å². The van der Waals surface area contributed by atoms with Crippen LogP contribution in [0.1, 0.15) is 19.5 Å². The third-order valence-corrected chi connectivity index (χ3v) is 3.49. The maximum Gasteiger partial charge on any atom is 0.0895 e. The van der Waals surface area contributed by atoms with Gasteiger partial charge in [-0.15, -0.1) is 5.10 Å². The van der Waals surface area contributed by atoms with E-state index in [2.05, 4.69) is 33.7 Å². The molecular formula is C9H16N4S. The van der Waals surface area contributed by atoms with Crippen LogP contribution in [0, 0.1) is 0 Å². The Labute approximate surface area is 88.5 Å². The lowest BCUT2D eigenvalue weighted by atomic mass is 10.1. The molecule has 1 aliphatic rings. The first-order valence-corrected chi connectivity index (χ1v) is 5.84. The maximum absolute atomic E-state index is 4.08. The SMILES string of the molecule is CC1NCCN(Cc2csnn2)C1C. The van der Waals surface area contributed by atoms with Crippen LogP contribution in [0.3, 0.4) is 0 Å². The summed E-state index contributed by atoms with van der Waals surface area (Å²) in [4.78, 5) is 2.46. The minimum absolute atomic E-state index is 0.565. The van der Waals surface area contributed by atoms with Crippen LogP contribution in [-0.4, -0.2) is 39.7 Å². The van der Waals surface area contributed by atoms with Crippen molar-refractivity contribution in [3.05, 3.63) is 11.1 Å². The van der Waals surface area contributed by atoms with E-state index >= 15 is 0 Å². The lowest BCUT2D eigenvalue weighted by Gasteiger charge is -2.38. The topological polar surface area (TPSA) is 41.0 Å². The number of nitrogens with zero attached hydrogens (tertiary/aromatic N) is 3. The zero-order valence-corrected chi connectivity index (χ0v) is 9.42. The Kier molecular flexibility index (Phi) is 3.10. The minimum atomic E-state index is 0.565. The molecule has 1 aliphatic heterocycles. The van der Waals surface area contributed by atoms with Crippen molar-refractivity contribution in [2.24, 2.45) is 0 Å². The first-order valence-electron chi connectivity index (χ1n) is 5.01. The molecule has 2 heterocycles. The molecular weight excluding hydrogens is 196 g/mol. The van der Waals surface area contributed by atoms with Gasteiger partial charge in [-0.25, -0.2) is 0 Å². The number of rotatable bonds is 2. The lowest BCUT2D eigenvalue weighted by Crippen LogP contribution is -2.54. The van der Waals surface area contributed by atoms with Crippen molar-refractivity contribution < 1.29 is 0 Å². The molecule has 0 aromatic carbocycles. The summed E-state index contributed by atoms with van der Waals surface area (Å²) >= 11 is 1.43. The van der Waals surface area contributed by atoms with Crippen LogP contribution in [-0.2, 0) is 6.54 Å². The van der Waals surface area contributed by atoms with E-state index in [1.807, 2.05) is 5.38 Å². The number of piperazine rings is 1. The van der Waals surface area contributed by atoms with Gasteiger partial charge in [0.1, 0.15) is 0 Å². The first kappa shape index (κ1) is 10.0. The van der Waals surface area contributed by atoms with E-state index in [1.54, 1.807) is 0 Å². The standard InChI is InChI=1S/C9H16N4S/c1-7-8(2)13(4-3-10-7)5-9-6-14-12-11-9/h6-8,10H,3-5H2,1-2H3. The van der Waals surface area contributed by atoms with Gasteiger partial charge in [-0.2, -0.15) is 0 Å².